The van der Waals surface area contributed by atoms with Crippen LogP contribution in [0.25, 0.3) is 0 Å². The summed E-state index contributed by atoms with van der Waals surface area (Å²) in [7, 11) is -0.430. The molecule has 0 aromatic carbocycles. The summed E-state index contributed by atoms with van der Waals surface area (Å²) in [5.74, 6) is 0.872. The van der Waals surface area contributed by atoms with Gasteiger partial charge in [-0.25, -0.2) is 4.98 Å². The minimum absolute atomic E-state index is 0.0922. The molecule has 3 heterocycles. The van der Waals surface area contributed by atoms with Gasteiger partial charge in [-0.3, -0.25) is 0 Å². The normalized spacial score (nSPS) is 24.7. The number of hydrogen-bond acceptors (Lipinski definition) is 4. The lowest BCUT2D eigenvalue weighted by molar-refractivity contribution is 0.00578. The highest BCUT2D eigenvalue weighted by molar-refractivity contribution is 6.63. The first-order chi connectivity index (χ1) is 10.9. The standard InChI is InChI=1S/C18H28BClN2O2/c1-12-13(19-23-17(4,5)18(6,7)24-19)11-14(20)15(21-12)22-10-8-9-16(22,2)3/h11H,8-10H2,1-7H3. The van der Waals surface area contributed by atoms with Gasteiger partial charge in [0, 0.05) is 23.2 Å². The molecule has 0 amide bonds. The number of aromatic nitrogens is 1. The maximum Gasteiger partial charge on any atom is 0.496 e. The van der Waals surface area contributed by atoms with Gasteiger partial charge in [0.15, 0.2) is 0 Å². The van der Waals surface area contributed by atoms with Crippen LogP contribution in [-0.2, 0) is 9.31 Å². The monoisotopic (exact) mass is 350 g/mol. The Morgan fingerprint density at radius 2 is 1.71 bits per heavy atom. The van der Waals surface area contributed by atoms with Gasteiger partial charge in [-0.05, 0) is 67.4 Å². The summed E-state index contributed by atoms with van der Waals surface area (Å²) >= 11 is 6.61. The molecule has 132 valence electrons. The molecule has 1 aromatic rings. The number of hydrogen-bond donors (Lipinski definition) is 0. The third-order valence-electron chi connectivity index (χ3n) is 5.85. The first kappa shape index (κ1) is 18.0. The minimum Gasteiger partial charge on any atom is -0.399 e. The number of pyridine rings is 1. The van der Waals surface area contributed by atoms with Crippen LogP contribution in [0.15, 0.2) is 6.07 Å². The highest BCUT2D eigenvalue weighted by Crippen LogP contribution is 2.39. The molecule has 2 fully saturated rings. The summed E-state index contributed by atoms with van der Waals surface area (Å²) in [6.07, 6.45) is 2.33. The van der Waals surface area contributed by atoms with Crippen LogP contribution in [0.2, 0.25) is 5.02 Å². The molecule has 0 N–H and O–H groups in total. The van der Waals surface area contributed by atoms with Crippen molar-refractivity contribution in [3.8, 4) is 0 Å². The van der Waals surface area contributed by atoms with E-state index in [9.17, 15) is 0 Å². The van der Waals surface area contributed by atoms with Gasteiger partial charge in [0.2, 0.25) is 0 Å². The van der Waals surface area contributed by atoms with Crippen LogP contribution >= 0.6 is 11.6 Å². The first-order valence-electron chi connectivity index (χ1n) is 8.75. The van der Waals surface area contributed by atoms with Crippen molar-refractivity contribution in [2.24, 2.45) is 0 Å². The van der Waals surface area contributed by atoms with E-state index in [1.807, 2.05) is 13.0 Å². The van der Waals surface area contributed by atoms with Gasteiger partial charge in [0.05, 0.1) is 16.2 Å². The fourth-order valence-electron chi connectivity index (χ4n) is 3.48. The average molecular weight is 351 g/mol. The summed E-state index contributed by atoms with van der Waals surface area (Å²) < 4.78 is 12.3. The van der Waals surface area contributed by atoms with E-state index in [1.54, 1.807) is 0 Å². The third kappa shape index (κ3) is 2.85. The molecule has 0 radical (unpaired) electrons. The Kier molecular flexibility index (Phi) is 4.22. The van der Waals surface area contributed by atoms with E-state index in [2.05, 4.69) is 46.4 Å². The molecule has 0 saturated carbocycles. The molecule has 2 aliphatic rings. The molecule has 24 heavy (non-hydrogen) atoms. The number of nitrogens with zero attached hydrogens (tertiary/aromatic N) is 2. The SMILES string of the molecule is Cc1nc(N2CCCC2(C)C)c(Cl)cc1B1OC(C)(C)C(C)(C)O1. The summed E-state index contributed by atoms with van der Waals surface area (Å²) in [6.45, 7) is 15.7. The smallest absolute Gasteiger partial charge is 0.399 e. The van der Waals surface area contributed by atoms with Crippen molar-refractivity contribution in [2.75, 3.05) is 11.4 Å². The third-order valence-corrected chi connectivity index (χ3v) is 6.13. The van der Waals surface area contributed by atoms with Crippen molar-refractivity contribution in [1.29, 1.82) is 0 Å². The van der Waals surface area contributed by atoms with Gasteiger partial charge in [-0.1, -0.05) is 11.6 Å². The van der Waals surface area contributed by atoms with Gasteiger partial charge in [0.25, 0.3) is 0 Å². The number of halogens is 1. The predicted molar refractivity (Wildman–Crippen MR) is 100 cm³/mol. The van der Waals surface area contributed by atoms with E-state index < -0.39 is 7.12 Å². The van der Waals surface area contributed by atoms with Crippen molar-refractivity contribution in [3.05, 3.63) is 16.8 Å². The fraction of sp³-hybridized carbons (Fsp3) is 0.722. The van der Waals surface area contributed by atoms with E-state index in [-0.39, 0.29) is 16.7 Å². The molecule has 0 spiro atoms. The summed E-state index contributed by atoms with van der Waals surface area (Å²) in [5, 5.41) is 0.667. The number of rotatable bonds is 2. The van der Waals surface area contributed by atoms with E-state index in [4.69, 9.17) is 25.9 Å². The van der Waals surface area contributed by atoms with Gasteiger partial charge in [-0.15, -0.1) is 0 Å². The van der Waals surface area contributed by atoms with Crippen LogP contribution < -0.4 is 10.4 Å². The van der Waals surface area contributed by atoms with E-state index >= 15 is 0 Å². The first-order valence-corrected chi connectivity index (χ1v) is 9.13. The highest BCUT2D eigenvalue weighted by Gasteiger charge is 2.52. The lowest BCUT2D eigenvalue weighted by Crippen LogP contribution is -2.41. The average Bonchev–Trinajstić information content (AvgIpc) is 2.88. The summed E-state index contributed by atoms with van der Waals surface area (Å²) in [6, 6.07) is 1.97. The van der Waals surface area contributed by atoms with Crippen LogP contribution in [0, 0.1) is 6.92 Å². The number of aryl methyl sites for hydroxylation is 1. The zero-order valence-corrected chi connectivity index (χ0v) is 16.6. The van der Waals surface area contributed by atoms with Crippen LogP contribution in [0.5, 0.6) is 0 Å². The van der Waals surface area contributed by atoms with Gasteiger partial charge < -0.3 is 14.2 Å². The van der Waals surface area contributed by atoms with Crippen molar-refractivity contribution < 1.29 is 9.31 Å². The zero-order chi connectivity index (χ0) is 17.9. The molecule has 1 aromatic heterocycles. The van der Waals surface area contributed by atoms with Gasteiger partial charge in [0.1, 0.15) is 5.82 Å². The molecule has 4 nitrogen and oxygen atoms in total. The maximum absolute atomic E-state index is 6.61. The van der Waals surface area contributed by atoms with Crippen molar-refractivity contribution in [3.63, 3.8) is 0 Å². The Morgan fingerprint density at radius 3 is 2.21 bits per heavy atom. The Bertz CT molecular complexity index is 645. The zero-order valence-electron chi connectivity index (χ0n) is 15.9. The lowest BCUT2D eigenvalue weighted by Gasteiger charge is -2.33. The molecule has 3 rings (SSSR count). The molecule has 2 aliphatic heterocycles. The van der Waals surface area contributed by atoms with Crippen molar-refractivity contribution in [2.45, 2.75) is 78.0 Å². The van der Waals surface area contributed by atoms with Crippen LogP contribution in [0.3, 0.4) is 0 Å². The molecular formula is C18H28BClN2O2. The summed E-state index contributed by atoms with van der Waals surface area (Å²) in [5.41, 5.74) is 1.18. The second-order valence-electron chi connectivity index (χ2n) is 8.62. The highest BCUT2D eigenvalue weighted by atomic mass is 35.5. The van der Waals surface area contributed by atoms with Crippen LogP contribution in [-0.4, -0.2) is 35.4 Å². The molecule has 0 bridgehead atoms. The van der Waals surface area contributed by atoms with Crippen LogP contribution in [0.4, 0.5) is 5.82 Å². The molecule has 2 saturated heterocycles. The summed E-state index contributed by atoms with van der Waals surface area (Å²) in [4.78, 5) is 7.14. The number of anilines is 1. The quantitative estimate of drug-likeness (QED) is 0.761. The molecule has 6 heteroatoms. The second-order valence-corrected chi connectivity index (χ2v) is 9.03. The topological polar surface area (TPSA) is 34.6 Å². The van der Waals surface area contributed by atoms with Crippen molar-refractivity contribution in [1.82, 2.24) is 4.98 Å². The van der Waals surface area contributed by atoms with Crippen molar-refractivity contribution >= 4 is 30.0 Å². The van der Waals surface area contributed by atoms with E-state index in [1.165, 1.54) is 6.42 Å². The fourth-order valence-corrected chi connectivity index (χ4v) is 3.74. The molecule has 0 aliphatic carbocycles. The Balaban J connectivity index is 1.95. The van der Waals surface area contributed by atoms with Gasteiger partial charge in [-0.2, -0.15) is 0 Å². The second kappa shape index (κ2) is 5.62. The predicted octanol–water partition coefficient (Wildman–Crippen LogP) is 3.72. The maximum atomic E-state index is 6.61. The van der Waals surface area contributed by atoms with Gasteiger partial charge >= 0.3 is 7.12 Å². The van der Waals surface area contributed by atoms with E-state index in [0.29, 0.717) is 5.02 Å². The Morgan fingerprint density at radius 1 is 1.12 bits per heavy atom. The van der Waals surface area contributed by atoms with Crippen LogP contribution in [0.1, 0.15) is 60.1 Å². The Hall–Kier alpha value is -0.775. The largest absolute Gasteiger partial charge is 0.496 e. The Labute approximate surface area is 151 Å². The minimum atomic E-state index is -0.430. The lowest BCUT2D eigenvalue weighted by atomic mass is 9.78. The molecular weight excluding hydrogens is 322 g/mol. The van der Waals surface area contributed by atoms with E-state index in [0.717, 1.165) is 29.9 Å². The molecule has 0 unspecified atom stereocenters. The molecule has 0 atom stereocenters.